The van der Waals surface area contributed by atoms with Gasteiger partial charge in [-0.2, -0.15) is 0 Å². The van der Waals surface area contributed by atoms with Crippen molar-refractivity contribution in [2.24, 2.45) is 0 Å². The number of fused-ring (bicyclic) bond motifs is 1. The molecule has 2 aromatic rings. The van der Waals surface area contributed by atoms with Gasteiger partial charge in [-0.1, -0.05) is 11.8 Å². The number of hydrogen-bond donors (Lipinski definition) is 1. The Bertz CT molecular complexity index is 578. The lowest BCUT2D eigenvalue weighted by Gasteiger charge is -2.18. The van der Waals surface area contributed by atoms with E-state index in [2.05, 4.69) is 9.97 Å². The number of aromatic nitrogens is 2. The number of hydrogen-bond acceptors (Lipinski definition) is 5. The fraction of sp³-hybridized carbons (Fsp3) is 0.364. The van der Waals surface area contributed by atoms with Gasteiger partial charge >= 0.3 is 5.97 Å². The molecule has 0 aliphatic rings. The van der Waals surface area contributed by atoms with Crippen molar-refractivity contribution < 1.29 is 9.90 Å². The number of pyridine rings is 1. The van der Waals surface area contributed by atoms with Gasteiger partial charge in [-0.05, 0) is 31.7 Å². The Balaban J connectivity index is 2.54. The number of nitrogens with zero attached hydrogens (tertiary/aromatic N) is 2. The van der Waals surface area contributed by atoms with E-state index in [1.165, 1.54) is 11.3 Å². The monoisotopic (exact) mass is 268 g/mol. The molecule has 0 saturated carbocycles. The predicted molar refractivity (Wildman–Crippen MR) is 69.9 cm³/mol. The molecule has 4 nitrogen and oxygen atoms in total. The molecule has 0 atom stereocenters. The smallest absolute Gasteiger partial charge is 0.313 e. The third-order valence-electron chi connectivity index (χ3n) is 2.66. The molecule has 90 valence electrons. The molecule has 0 aromatic carbocycles. The van der Waals surface area contributed by atoms with Crippen LogP contribution < -0.4 is 0 Å². The lowest BCUT2D eigenvalue weighted by molar-refractivity contribution is -0.142. The first-order chi connectivity index (χ1) is 7.95. The van der Waals surface area contributed by atoms with Gasteiger partial charge in [-0.15, -0.1) is 11.3 Å². The highest BCUT2D eigenvalue weighted by atomic mass is 32.2. The van der Waals surface area contributed by atoms with Crippen LogP contribution in [-0.2, 0) is 10.2 Å². The number of thioether (sulfide) groups is 1. The minimum absolute atomic E-state index is 0.685. The Hall–Kier alpha value is -1.14. The Labute approximate surface area is 107 Å². The number of aliphatic carboxylic acids is 1. The average molecular weight is 268 g/mol. The largest absolute Gasteiger partial charge is 0.481 e. The summed E-state index contributed by atoms with van der Waals surface area (Å²) >= 11 is 3.10. The van der Waals surface area contributed by atoms with Crippen LogP contribution in [0.2, 0.25) is 0 Å². The summed E-state index contributed by atoms with van der Waals surface area (Å²) in [7, 11) is 0. The molecule has 0 amide bonds. The summed E-state index contributed by atoms with van der Waals surface area (Å²) in [5.41, 5.74) is 0.461. The van der Waals surface area contributed by atoms with E-state index in [0.717, 1.165) is 9.04 Å². The predicted octanol–water partition coefficient (Wildman–Crippen LogP) is 2.78. The highest BCUT2D eigenvalue weighted by Crippen LogP contribution is 2.31. The summed E-state index contributed by atoms with van der Waals surface area (Å²) in [4.78, 5) is 19.7. The van der Waals surface area contributed by atoms with E-state index in [1.54, 1.807) is 31.8 Å². The van der Waals surface area contributed by atoms with Gasteiger partial charge in [0.25, 0.3) is 0 Å². The molecule has 0 spiro atoms. The van der Waals surface area contributed by atoms with Gasteiger partial charge in [-0.25, -0.2) is 9.97 Å². The number of thiazole rings is 1. The van der Waals surface area contributed by atoms with E-state index >= 15 is 0 Å². The van der Waals surface area contributed by atoms with E-state index in [-0.39, 0.29) is 0 Å². The van der Waals surface area contributed by atoms with E-state index in [4.69, 9.17) is 0 Å². The molecule has 2 heterocycles. The molecule has 0 bridgehead atoms. The first-order valence-corrected chi connectivity index (χ1v) is 7.03. The lowest BCUT2D eigenvalue weighted by Crippen LogP contribution is -2.28. The maximum Gasteiger partial charge on any atom is 0.313 e. The topological polar surface area (TPSA) is 63.1 Å². The molecule has 17 heavy (non-hydrogen) atoms. The number of rotatable bonds is 3. The van der Waals surface area contributed by atoms with Crippen LogP contribution in [0.15, 0.2) is 16.6 Å². The van der Waals surface area contributed by atoms with Crippen molar-refractivity contribution >= 4 is 39.4 Å². The second-order valence-corrected chi connectivity index (χ2v) is 6.24. The fourth-order valence-corrected chi connectivity index (χ4v) is 2.83. The minimum Gasteiger partial charge on any atom is -0.481 e. The lowest BCUT2D eigenvalue weighted by atomic mass is 9.86. The molecule has 0 saturated heterocycles. The Kier molecular flexibility index (Phi) is 3.09. The Morgan fingerprint density at radius 1 is 1.53 bits per heavy atom. The summed E-state index contributed by atoms with van der Waals surface area (Å²) in [5.74, 6) is -0.853. The zero-order valence-electron chi connectivity index (χ0n) is 9.72. The maximum absolute atomic E-state index is 11.2. The molecule has 0 radical (unpaired) electrons. The van der Waals surface area contributed by atoms with Crippen LogP contribution in [0.5, 0.6) is 0 Å². The van der Waals surface area contributed by atoms with Crippen LogP contribution in [0.3, 0.4) is 0 Å². The summed E-state index contributed by atoms with van der Waals surface area (Å²) < 4.78 is 1.87. The van der Waals surface area contributed by atoms with E-state index in [9.17, 15) is 9.90 Å². The number of carbonyl (C=O) groups is 1. The molecule has 0 aliphatic heterocycles. The third-order valence-corrected chi connectivity index (χ3v) is 4.64. The molecule has 0 unspecified atom stereocenters. The molecule has 2 rings (SSSR count). The highest BCUT2D eigenvalue weighted by molar-refractivity contribution is 8.00. The second kappa shape index (κ2) is 4.27. The van der Waals surface area contributed by atoms with Crippen molar-refractivity contribution in [3.05, 3.63) is 17.8 Å². The van der Waals surface area contributed by atoms with Crippen LogP contribution in [-0.4, -0.2) is 27.3 Å². The van der Waals surface area contributed by atoms with Gasteiger partial charge in [0.15, 0.2) is 9.99 Å². The molecule has 2 aromatic heterocycles. The van der Waals surface area contributed by atoms with Crippen LogP contribution in [0.4, 0.5) is 0 Å². The summed E-state index contributed by atoms with van der Waals surface area (Å²) in [6, 6.07) is 1.87. The Morgan fingerprint density at radius 3 is 2.82 bits per heavy atom. The molecule has 0 aliphatic carbocycles. The second-order valence-electron chi connectivity index (χ2n) is 4.16. The van der Waals surface area contributed by atoms with Crippen molar-refractivity contribution in [3.8, 4) is 0 Å². The first-order valence-electron chi connectivity index (χ1n) is 4.99. The van der Waals surface area contributed by atoms with Crippen LogP contribution in [0, 0.1) is 0 Å². The third kappa shape index (κ3) is 2.14. The summed E-state index contributed by atoms with van der Waals surface area (Å²) in [5, 5.41) is 9.17. The highest BCUT2D eigenvalue weighted by Gasteiger charge is 2.30. The standard InChI is InChI=1S/C11H12N2O2S2/c1-11(2,9(14)15)6-4-7-8(12-5-6)13-10(16-3)17-7/h4-5H,1-3H3,(H,14,15). The Morgan fingerprint density at radius 2 is 2.24 bits per heavy atom. The fourth-order valence-electron chi connectivity index (χ4n) is 1.35. The van der Waals surface area contributed by atoms with E-state index in [0.29, 0.717) is 11.2 Å². The maximum atomic E-state index is 11.2. The van der Waals surface area contributed by atoms with Gasteiger partial charge < -0.3 is 5.11 Å². The van der Waals surface area contributed by atoms with Crippen LogP contribution in [0.1, 0.15) is 19.4 Å². The van der Waals surface area contributed by atoms with Gasteiger partial charge in [0.05, 0.1) is 10.1 Å². The van der Waals surface area contributed by atoms with Crippen LogP contribution >= 0.6 is 23.1 Å². The normalized spacial score (nSPS) is 11.9. The van der Waals surface area contributed by atoms with E-state index < -0.39 is 11.4 Å². The zero-order valence-corrected chi connectivity index (χ0v) is 11.4. The number of carboxylic acids is 1. The van der Waals surface area contributed by atoms with Gasteiger partial charge in [0.1, 0.15) is 0 Å². The van der Waals surface area contributed by atoms with Crippen molar-refractivity contribution in [2.45, 2.75) is 23.6 Å². The van der Waals surface area contributed by atoms with Crippen molar-refractivity contribution in [1.82, 2.24) is 9.97 Å². The minimum atomic E-state index is -0.926. The SMILES string of the molecule is CSc1nc2ncc(C(C)(C)C(=O)O)cc2s1. The van der Waals surface area contributed by atoms with Crippen LogP contribution in [0.25, 0.3) is 10.3 Å². The van der Waals surface area contributed by atoms with Crippen molar-refractivity contribution in [1.29, 1.82) is 0 Å². The number of carboxylic acid groups (broad SMARTS) is 1. The first kappa shape index (κ1) is 12.3. The van der Waals surface area contributed by atoms with E-state index in [1.807, 2.05) is 12.3 Å². The zero-order chi connectivity index (χ0) is 12.6. The van der Waals surface area contributed by atoms with Gasteiger partial charge in [0.2, 0.25) is 0 Å². The molecule has 1 N–H and O–H groups in total. The molecule has 0 fully saturated rings. The van der Waals surface area contributed by atoms with Gasteiger partial charge in [-0.3, -0.25) is 4.79 Å². The van der Waals surface area contributed by atoms with Crippen molar-refractivity contribution in [2.75, 3.05) is 6.26 Å². The van der Waals surface area contributed by atoms with Gasteiger partial charge in [0, 0.05) is 6.20 Å². The summed E-state index contributed by atoms with van der Waals surface area (Å²) in [6.07, 6.45) is 3.56. The quantitative estimate of drug-likeness (QED) is 0.867. The van der Waals surface area contributed by atoms with Crippen molar-refractivity contribution in [3.63, 3.8) is 0 Å². The molecule has 6 heteroatoms. The molecular weight excluding hydrogens is 256 g/mol. The summed E-state index contributed by atoms with van der Waals surface area (Å²) in [6.45, 7) is 3.35. The average Bonchev–Trinajstić information content (AvgIpc) is 2.70. The molecular formula is C11H12N2O2S2.